The molecule has 1 amide bonds. The van der Waals surface area contributed by atoms with Crippen molar-refractivity contribution in [3.05, 3.63) is 24.3 Å². The maximum Gasteiger partial charge on any atom is 0.224 e. The lowest BCUT2D eigenvalue weighted by Crippen LogP contribution is -2.49. The zero-order chi connectivity index (χ0) is 13.8. The summed E-state index contributed by atoms with van der Waals surface area (Å²) < 4.78 is 5.54. The summed E-state index contributed by atoms with van der Waals surface area (Å²) >= 11 is 0. The maximum atomic E-state index is 11.3. The molecule has 2 unspecified atom stereocenters. The Hall–Kier alpha value is -1.55. The van der Waals surface area contributed by atoms with Crippen LogP contribution < -0.4 is 10.2 Å². The molecular formula is C15H22N2O2. The van der Waals surface area contributed by atoms with E-state index in [1.54, 1.807) is 0 Å². The lowest BCUT2D eigenvalue weighted by atomic mass is 10.1. The van der Waals surface area contributed by atoms with Gasteiger partial charge in [-0.05, 0) is 38.1 Å². The minimum atomic E-state index is 0.0425. The predicted octanol–water partition coefficient (Wildman–Crippen LogP) is 2.65. The normalized spacial score (nSPS) is 23.2. The van der Waals surface area contributed by atoms with Crippen molar-refractivity contribution in [3.8, 4) is 0 Å². The number of amides is 1. The highest BCUT2D eigenvalue weighted by atomic mass is 16.5. The van der Waals surface area contributed by atoms with Crippen LogP contribution in [-0.4, -0.2) is 31.2 Å². The van der Waals surface area contributed by atoms with Gasteiger partial charge < -0.3 is 15.0 Å². The molecule has 0 aliphatic carbocycles. The minimum Gasteiger partial charge on any atom is -0.377 e. The smallest absolute Gasteiger partial charge is 0.224 e. The summed E-state index contributed by atoms with van der Waals surface area (Å²) in [5.41, 5.74) is 2.03. The second-order valence-corrected chi connectivity index (χ2v) is 5.09. The molecular weight excluding hydrogens is 240 g/mol. The molecule has 104 valence electrons. The first-order valence-electron chi connectivity index (χ1n) is 6.87. The van der Waals surface area contributed by atoms with E-state index in [1.807, 2.05) is 19.1 Å². The number of carbonyl (C=O) groups is 1. The molecule has 4 nitrogen and oxygen atoms in total. The Balaban J connectivity index is 2.10. The van der Waals surface area contributed by atoms with Crippen molar-refractivity contribution < 1.29 is 9.53 Å². The first-order chi connectivity index (χ1) is 9.11. The van der Waals surface area contributed by atoms with E-state index in [0.29, 0.717) is 18.5 Å². The molecule has 4 heteroatoms. The van der Waals surface area contributed by atoms with Crippen molar-refractivity contribution in [2.75, 3.05) is 23.4 Å². The highest BCUT2D eigenvalue weighted by Gasteiger charge is 2.25. The Morgan fingerprint density at radius 1 is 1.26 bits per heavy atom. The molecule has 0 radical (unpaired) electrons. The zero-order valence-corrected chi connectivity index (χ0v) is 11.8. The van der Waals surface area contributed by atoms with Gasteiger partial charge in [-0.2, -0.15) is 0 Å². The topological polar surface area (TPSA) is 41.6 Å². The van der Waals surface area contributed by atoms with Gasteiger partial charge in [-0.15, -0.1) is 0 Å². The summed E-state index contributed by atoms with van der Waals surface area (Å²) in [6.07, 6.45) is 0.499. The number of morpholine rings is 1. The number of ether oxygens (including phenoxy) is 1. The van der Waals surface area contributed by atoms with Gasteiger partial charge >= 0.3 is 0 Å². The van der Waals surface area contributed by atoms with Gasteiger partial charge in [-0.1, -0.05) is 6.92 Å². The first-order valence-corrected chi connectivity index (χ1v) is 6.87. The van der Waals surface area contributed by atoms with Gasteiger partial charge in [0.05, 0.1) is 13.2 Å². The summed E-state index contributed by atoms with van der Waals surface area (Å²) in [5, 5.41) is 2.86. The van der Waals surface area contributed by atoms with Crippen LogP contribution in [0.5, 0.6) is 0 Å². The molecule has 1 fully saturated rings. The van der Waals surface area contributed by atoms with Crippen LogP contribution in [0.25, 0.3) is 0 Å². The highest BCUT2D eigenvalue weighted by molar-refractivity contribution is 5.90. The number of nitrogens with zero attached hydrogens (tertiary/aromatic N) is 1. The van der Waals surface area contributed by atoms with Crippen LogP contribution in [-0.2, 0) is 9.53 Å². The highest BCUT2D eigenvalue weighted by Crippen LogP contribution is 2.25. The third kappa shape index (κ3) is 3.26. The molecule has 0 saturated carbocycles. The molecule has 1 aliphatic heterocycles. The van der Waals surface area contributed by atoms with E-state index in [9.17, 15) is 4.79 Å². The Morgan fingerprint density at radius 3 is 2.37 bits per heavy atom. The molecule has 2 rings (SSSR count). The van der Waals surface area contributed by atoms with E-state index in [1.165, 1.54) is 5.69 Å². The van der Waals surface area contributed by atoms with E-state index in [0.717, 1.165) is 18.9 Å². The standard InChI is InChI=1S/C15H22N2O2/c1-4-15(18)16-13-5-7-14(8-6-13)17-11(2)9-19-10-12(17)3/h5-8,11-12H,4,9-10H2,1-3H3,(H,16,18). The van der Waals surface area contributed by atoms with Crippen LogP contribution in [0, 0.1) is 0 Å². The molecule has 1 N–H and O–H groups in total. The van der Waals surface area contributed by atoms with E-state index < -0.39 is 0 Å². The second kappa shape index (κ2) is 6.06. The van der Waals surface area contributed by atoms with Gasteiger partial charge in [-0.3, -0.25) is 4.79 Å². The summed E-state index contributed by atoms with van der Waals surface area (Å²) in [4.78, 5) is 13.7. The lowest BCUT2D eigenvalue weighted by molar-refractivity contribution is -0.115. The largest absolute Gasteiger partial charge is 0.377 e. The fourth-order valence-electron chi connectivity index (χ4n) is 2.48. The Morgan fingerprint density at radius 2 is 1.84 bits per heavy atom. The number of benzene rings is 1. The number of nitrogens with one attached hydrogen (secondary N) is 1. The Labute approximate surface area is 114 Å². The van der Waals surface area contributed by atoms with Crippen LogP contribution in [0.2, 0.25) is 0 Å². The molecule has 1 saturated heterocycles. The van der Waals surface area contributed by atoms with Crippen molar-refractivity contribution in [1.82, 2.24) is 0 Å². The van der Waals surface area contributed by atoms with Gasteiger partial charge in [-0.25, -0.2) is 0 Å². The fraction of sp³-hybridized carbons (Fsp3) is 0.533. The van der Waals surface area contributed by atoms with E-state index in [4.69, 9.17) is 4.74 Å². The van der Waals surface area contributed by atoms with Crippen LogP contribution in [0.4, 0.5) is 11.4 Å². The first kappa shape index (κ1) is 13.9. The average molecular weight is 262 g/mol. The van der Waals surface area contributed by atoms with Crippen molar-refractivity contribution in [2.45, 2.75) is 39.3 Å². The van der Waals surface area contributed by atoms with Gasteiger partial charge in [0.15, 0.2) is 0 Å². The van der Waals surface area contributed by atoms with Gasteiger partial charge in [0.1, 0.15) is 0 Å². The van der Waals surface area contributed by atoms with Crippen LogP contribution in [0.15, 0.2) is 24.3 Å². The van der Waals surface area contributed by atoms with Crippen molar-refractivity contribution in [3.63, 3.8) is 0 Å². The third-order valence-corrected chi connectivity index (χ3v) is 3.44. The van der Waals surface area contributed by atoms with Crippen molar-refractivity contribution >= 4 is 17.3 Å². The second-order valence-electron chi connectivity index (χ2n) is 5.09. The van der Waals surface area contributed by atoms with E-state index in [2.05, 4.69) is 36.2 Å². The van der Waals surface area contributed by atoms with Gasteiger partial charge in [0.2, 0.25) is 5.91 Å². The molecule has 2 atom stereocenters. The molecule has 0 spiro atoms. The number of anilines is 2. The Kier molecular flexibility index (Phi) is 4.43. The number of rotatable bonds is 3. The summed E-state index contributed by atoms with van der Waals surface area (Å²) in [6.45, 7) is 7.71. The zero-order valence-electron chi connectivity index (χ0n) is 11.8. The van der Waals surface area contributed by atoms with Crippen LogP contribution in [0.1, 0.15) is 27.2 Å². The number of hydrogen-bond acceptors (Lipinski definition) is 3. The molecule has 1 aromatic rings. The monoisotopic (exact) mass is 262 g/mol. The van der Waals surface area contributed by atoms with Gasteiger partial charge in [0.25, 0.3) is 0 Å². The number of hydrogen-bond donors (Lipinski definition) is 1. The Bertz CT molecular complexity index is 420. The van der Waals surface area contributed by atoms with Crippen LogP contribution in [0.3, 0.4) is 0 Å². The molecule has 1 aromatic carbocycles. The lowest BCUT2D eigenvalue weighted by Gasteiger charge is -2.40. The van der Waals surface area contributed by atoms with E-state index >= 15 is 0 Å². The quantitative estimate of drug-likeness (QED) is 0.910. The SMILES string of the molecule is CCC(=O)Nc1ccc(N2C(C)COCC2C)cc1. The van der Waals surface area contributed by atoms with Crippen molar-refractivity contribution in [2.24, 2.45) is 0 Å². The summed E-state index contributed by atoms with van der Waals surface area (Å²) in [7, 11) is 0. The third-order valence-electron chi connectivity index (χ3n) is 3.44. The molecule has 0 bridgehead atoms. The summed E-state index contributed by atoms with van der Waals surface area (Å²) in [6, 6.07) is 8.78. The predicted molar refractivity (Wildman–Crippen MR) is 77.6 cm³/mol. The molecule has 19 heavy (non-hydrogen) atoms. The molecule has 0 aromatic heterocycles. The maximum absolute atomic E-state index is 11.3. The molecule has 1 heterocycles. The van der Waals surface area contributed by atoms with E-state index in [-0.39, 0.29) is 5.91 Å². The fourth-order valence-corrected chi connectivity index (χ4v) is 2.48. The number of carbonyl (C=O) groups excluding carboxylic acids is 1. The average Bonchev–Trinajstić information content (AvgIpc) is 2.40. The van der Waals surface area contributed by atoms with Crippen molar-refractivity contribution in [1.29, 1.82) is 0 Å². The van der Waals surface area contributed by atoms with Gasteiger partial charge in [0, 0.05) is 29.9 Å². The molecule has 1 aliphatic rings. The minimum absolute atomic E-state index is 0.0425. The summed E-state index contributed by atoms with van der Waals surface area (Å²) in [5.74, 6) is 0.0425. The van der Waals surface area contributed by atoms with Crippen LogP contribution >= 0.6 is 0 Å².